The number of para-hydroxylation sites is 3. The van der Waals surface area contributed by atoms with E-state index < -0.39 is 0 Å². The molecule has 0 radical (unpaired) electrons. The molecule has 5 heteroatoms. The van der Waals surface area contributed by atoms with Crippen LogP contribution in [0.2, 0.25) is 0 Å². The number of aromatic nitrogens is 4. The van der Waals surface area contributed by atoms with E-state index in [9.17, 15) is 0 Å². The Kier molecular flexibility index (Phi) is 8.07. The van der Waals surface area contributed by atoms with Crippen LogP contribution in [0.15, 0.2) is 212 Å². The topological polar surface area (TPSA) is 46.8 Å². The summed E-state index contributed by atoms with van der Waals surface area (Å²) in [5, 5.41) is 1.21. The number of anilines is 3. The van der Waals surface area contributed by atoms with Crippen LogP contribution in [0.4, 0.5) is 17.2 Å². The molecule has 8 aromatic carbocycles. The Morgan fingerprint density at radius 2 is 0.810 bits per heavy atom. The van der Waals surface area contributed by atoms with E-state index in [1.54, 1.807) is 0 Å². The fraction of sp³-hybridized carbons (Fsp3) is 0. The fourth-order valence-electron chi connectivity index (χ4n) is 8.35. The molecule has 11 rings (SSSR count). The summed E-state index contributed by atoms with van der Waals surface area (Å²) in [5.74, 6) is 3.01. The zero-order valence-electron chi connectivity index (χ0n) is 31.4. The van der Waals surface area contributed by atoms with Gasteiger partial charge in [-0.1, -0.05) is 170 Å². The molecule has 272 valence electrons. The van der Waals surface area contributed by atoms with Gasteiger partial charge >= 0.3 is 0 Å². The highest BCUT2D eigenvalue weighted by Crippen LogP contribution is 2.55. The average molecular weight is 742 g/mol. The van der Waals surface area contributed by atoms with E-state index in [1.165, 1.54) is 27.6 Å². The molecular weight excluding hydrogens is 707 g/mol. The zero-order chi connectivity index (χ0) is 38.4. The van der Waals surface area contributed by atoms with Crippen molar-refractivity contribution in [1.29, 1.82) is 0 Å². The molecule has 0 saturated carbocycles. The quantitative estimate of drug-likeness (QED) is 0.170. The predicted octanol–water partition coefficient (Wildman–Crippen LogP) is 13.6. The van der Waals surface area contributed by atoms with Gasteiger partial charge in [-0.3, -0.25) is 9.47 Å². The SMILES string of the molecule is c1ccc(-c2nc(-c3ccccc3)nc(-c3cccc(-c4cccc(N5c6ccccc6-c6ccccc6-c6c5n(-c5ccccc5)c5ccccc65)c4)c3)n2)cc1. The Bertz CT molecular complexity index is 3060. The number of nitrogens with zero attached hydrogens (tertiary/aromatic N) is 5. The first-order valence-corrected chi connectivity index (χ1v) is 19.5. The Labute approximate surface area is 336 Å². The molecule has 3 heterocycles. The number of hydrogen-bond acceptors (Lipinski definition) is 4. The van der Waals surface area contributed by atoms with E-state index in [-0.39, 0.29) is 0 Å². The molecule has 2 aromatic heterocycles. The van der Waals surface area contributed by atoms with Crippen LogP contribution in [0.3, 0.4) is 0 Å². The van der Waals surface area contributed by atoms with Crippen LogP contribution < -0.4 is 4.90 Å². The summed E-state index contributed by atoms with van der Waals surface area (Å²) in [5.41, 5.74) is 14.2. The van der Waals surface area contributed by atoms with Gasteiger partial charge in [0.1, 0.15) is 5.82 Å². The molecule has 10 aromatic rings. The van der Waals surface area contributed by atoms with Crippen LogP contribution in [0.5, 0.6) is 0 Å². The third kappa shape index (κ3) is 5.68. The molecule has 1 aliphatic rings. The third-order valence-electron chi connectivity index (χ3n) is 11.0. The van der Waals surface area contributed by atoms with Crippen molar-refractivity contribution in [2.45, 2.75) is 0 Å². The van der Waals surface area contributed by atoms with E-state index in [2.05, 4.69) is 161 Å². The summed E-state index contributed by atoms with van der Waals surface area (Å²) in [7, 11) is 0. The lowest BCUT2D eigenvalue weighted by Gasteiger charge is -2.28. The van der Waals surface area contributed by atoms with Crippen molar-refractivity contribution >= 4 is 28.1 Å². The van der Waals surface area contributed by atoms with Crippen molar-refractivity contribution in [2.75, 3.05) is 4.90 Å². The Balaban J connectivity index is 1.11. The summed E-state index contributed by atoms with van der Waals surface area (Å²) in [6.45, 7) is 0. The van der Waals surface area contributed by atoms with Crippen molar-refractivity contribution in [3.63, 3.8) is 0 Å². The number of hydrogen-bond donors (Lipinski definition) is 0. The molecule has 0 spiro atoms. The minimum absolute atomic E-state index is 0.627. The molecule has 0 atom stereocenters. The zero-order valence-corrected chi connectivity index (χ0v) is 31.4. The highest BCUT2D eigenvalue weighted by molar-refractivity contribution is 6.13. The first-order chi connectivity index (χ1) is 28.8. The predicted molar refractivity (Wildman–Crippen MR) is 238 cm³/mol. The lowest BCUT2D eigenvalue weighted by molar-refractivity contribution is 1.07. The standard InChI is InChI=1S/C53H35N5/c1-4-18-36(19-5-1)50-54-51(37-20-6-2-7-21-37)56-52(55-50)40-24-16-22-38(34-40)39-23-17-27-42(35-39)58-47-32-14-12-29-44(47)43-28-10-11-30-45(43)49-46-31-13-15-33-48(46)57(53(49)58)41-25-8-3-9-26-41/h1-35H. The molecular formula is C53H35N5. The van der Waals surface area contributed by atoms with Crippen molar-refractivity contribution in [3.8, 4) is 73.2 Å². The van der Waals surface area contributed by atoms with Crippen LogP contribution in [0, 0.1) is 0 Å². The van der Waals surface area contributed by atoms with Crippen LogP contribution in [0.25, 0.3) is 84.1 Å². The third-order valence-corrected chi connectivity index (χ3v) is 11.0. The van der Waals surface area contributed by atoms with Crippen molar-refractivity contribution < 1.29 is 0 Å². The summed E-state index contributed by atoms with van der Waals surface area (Å²) in [6.07, 6.45) is 0. The number of benzene rings is 8. The Morgan fingerprint density at radius 1 is 0.328 bits per heavy atom. The monoisotopic (exact) mass is 741 g/mol. The maximum Gasteiger partial charge on any atom is 0.164 e. The molecule has 0 aliphatic carbocycles. The number of rotatable bonds is 6. The smallest absolute Gasteiger partial charge is 0.164 e. The first-order valence-electron chi connectivity index (χ1n) is 19.5. The van der Waals surface area contributed by atoms with E-state index in [0.29, 0.717) is 17.5 Å². The van der Waals surface area contributed by atoms with E-state index in [0.717, 1.165) is 56.2 Å². The van der Waals surface area contributed by atoms with Crippen LogP contribution >= 0.6 is 0 Å². The average Bonchev–Trinajstić information content (AvgIpc) is 3.58. The Morgan fingerprint density at radius 3 is 1.52 bits per heavy atom. The molecule has 5 nitrogen and oxygen atoms in total. The largest absolute Gasteiger partial charge is 0.295 e. The van der Waals surface area contributed by atoms with Gasteiger partial charge in [0.2, 0.25) is 0 Å². The van der Waals surface area contributed by atoms with E-state index >= 15 is 0 Å². The fourth-order valence-corrected chi connectivity index (χ4v) is 8.35. The molecule has 0 saturated heterocycles. The molecule has 0 bridgehead atoms. The van der Waals surface area contributed by atoms with Gasteiger partial charge in [0.15, 0.2) is 17.5 Å². The normalized spacial score (nSPS) is 11.8. The molecule has 1 aliphatic heterocycles. The van der Waals surface area contributed by atoms with Crippen molar-refractivity contribution in [3.05, 3.63) is 212 Å². The maximum atomic E-state index is 5.03. The van der Waals surface area contributed by atoms with Gasteiger partial charge in [0.05, 0.1) is 11.2 Å². The second-order valence-electron chi connectivity index (χ2n) is 14.5. The van der Waals surface area contributed by atoms with Gasteiger partial charge in [-0.05, 0) is 64.7 Å². The van der Waals surface area contributed by atoms with Crippen molar-refractivity contribution in [2.24, 2.45) is 0 Å². The van der Waals surface area contributed by atoms with Gasteiger partial charge in [-0.2, -0.15) is 0 Å². The highest BCUT2D eigenvalue weighted by Gasteiger charge is 2.32. The van der Waals surface area contributed by atoms with Crippen LogP contribution in [-0.4, -0.2) is 19.5 Å². The molecule has 0 unspecified atom stereocenters. The van der Waals surface area contributed by atoms with Gasteiger partial charge in [0.25, 0.3) is 0 Å². The Hall–Kier alpha value is -7.89. The first kappa shape index (κ1) is 33.4. The maximum absolute atomic E-state index is 5.03. The summed E-state index contributed by atoms with van der Waals surface area (Å²) in [6, 6.07) is 74.7. The molecule has 58 heavy (non-hydrogen) atoms. The van der Waals surface area contributed by atoms with Crippen LogP contribution in [-0.2, 0) is 0 Å². The van der Waals surface area contributed by atoms with Gasteiger partial charge < -0.3 is 0 Å². The van der Waals surface area contributed by atoms with E-state index in [1.807, 2.05) is 60.7 Å². The highest BCUT2D eigenvalue weighted by atomic mass is 15.3. The summed E-state index contributed by atoms with van der Waals surface area (Å²) >= 11 is 0. The lowest BCUT2D eigenvalue weighted by Crippen LogP contribution is -2.15. The molecule has 0 N–H and O–H groups in total. The van der Waals surface area contributed by atoms with Gasteiger partial charge in [0, 0.05) is 44.6 Å². The van der Waals surface area contributed by atoms with E-state index in [4.69, 9.17) is 15.0 Å². The van der Waals surface area contributed by atoms with Crippen LogP contribution in [0.1, 0.15) is 0 Å². The minimum Gasteiger partial charge on any atom is -0.295 e. The summed E-state index contributed by atoms with van der Waals surface area (Å²) in [4.78, 5) is 17.4. The summed E-state index contributed by atoms with van der Waals surface area (Å²) < 4.78 is 2.42. The number of fused-ring (bicyclic) bond motifs is 7. The van der Waals surface area contributed by atoms with Gasteiger partial charge in [-0.25, -0.2) is 15.0 Å². The lowest BCUT2D eigenvalue weighted by atomic mass is 9.94. The van der Waals surface area contributed by atoms with Crippen molar-refractivity contribution in [1.82, 2.24) is 19.5 Å². The molecule has 0 fully saturated rings. The minimum atomic E-state index is 0.627. The van der Waals surface area contributed by atoms with Gasteiger partial charge in [-0.15, -0.1) is 0 Å². The molecule has 0 amide bonds. The second-order valence-corrected chi connectivity index (χ2v) is 14.5. The second kappa shape index (κ2) is 14.0.